The number of carbonyl (C=O) groups is 1. The fourth-order valence-corrected chi connectivity index (χ4v) is 6.54. The van der Waals surface area contributed by atoms with Crippen LogP contribution in [0.1, 0.15) is 54.7 Å². The number of rotatable bonds is 4. The van der Waals surface area contributed by atoms with Crippen LogP contribution in [0.25, 0.3) is 0 Å². The van der Waals surface area contributed by atoms with E-state index in [1.165, 1.54) is 25.0 Å². The zero-order chi connectivity index (χ0) is 22.4. The highest BCUT2D eigenvalue weighted by Gasteiger charge is 2.58. The number of H-pyrrole nitrogens is 1. The van der Waals surface area contributed by atoms with Gasteiger partial charge in [0, 0.05) is 80.1 Å². The van der Waals surface area contributed by atoms with Gasteiger partial charge in [-0.1, -0.05) is 6.07 Å². The molecular formula is C24H28F2N6O. The van der Waals surface area contributed by atoms with Gasteiger partial charge >= 0.3 is 6.03 Å². The number of aromatic amines is 1. The van der Waals surface area contributed by atoms with Crippen molar-refractivity contribution in [3.63, 3.8) is 0 Å². The number of urea groups is 1. The lowest BCUT2D eigenvalue weighted by molar-refractivity contribution is -0.117. The average Bonchev–Trinajstić information content (AvgIpc) is 3.40. The van der Waals surface area contributed by atoms with Gasteiger partial charge in [0.05, 0.1) is 0 Å². The summed E-state index contributed by atoms with van der Waals surface area (Å²) < 4.78 is 27.0. The van der Waals surface area contributed by atoms with Gasteiger partial charge in [-0.15, -0.1) is 0 Å². The van der Waals surface area contributed by atoms with Gasteiger partial charge in [-0.25, -0.2) is 18.6 Å². The van der Waals surface area contributed by atoms with Crippen molar-refractivity contribution in [1.29, 1.82) is 0 Å². The highest BCUT2D eigenvalue weighted by molar-refractivity contribution is 5.77. The molecule has 1 aromatic carbocycles. The number of benzene rings is 1. The third kappa shape index (κ3) is 3.26. The molecule has 3 saturated heterocycles. The van der Waals surface area contributed by atoms with Gasteiger partial charge in [-0.3, -0.25) is 10.00 Å². The normalized spacial score (nSPS) is 25.5. The van der Waals surface area contributed by atoms with Gasteiger partial charge in [-0.2, -0.15) is 5.10 Å². The molecule has 7 rings (SSSR count). The largest absolute Gasteiger partial charge is 0.323 e. The van der Waals surface area contributed by atoms with Crippen LogP contribution in [0.4, 0.5) is 13.6 Å². The summed E-state index contributed by atoms with van der Waals surface area (Å²) >= 11 is 0. The molecule has 2 amide bonds. The Balaban J connectivity index is 0.856. The van der Waals surface area contributed by atoms with E-state index in [0.717, 1.165) is 69.8 Å². The van der Waals surface area contributed by atoms with Gasteiger partial charge in [-0.05, 0) is 31.7 Å². The molecule has 4 heterocycles. The quantitative estimate of drug-likeness (QED) is 0.771. The van der Waals surface area contributed by atoms with Gasteiger partial charge in [0.1, 0.15) is 17.5 Å². The van der Waals surface area contributed by atoms with Gasteiger partial charge in [0.25, 0.3) is 0 Å². The minimum atomic E-state index is -0.546. The zero-order valence-electron chi connectivity index (χ0n) is 18.6. The van der Waals surface area contributed by atoms with Crippen molar-refractivity contribution < 1.29 is 13.6 Å². The molecule has 2 saturated carbocycles. The number of halogens is 2. The molecule has 5 aliphatic rings. The lowest BCUT2D eigenvalue weighted by Crippen LogP contribution is -2.75. The highest BCUT2D eigenvalue weighted by atomic mass is 19.1. The number of carbonyl (C=O) groups excluding carboxylic acids is 1. The molecule has 2 spiro atoms. The minimum Gasteiger partial charge on any atom is -0.323 e. The maximum Gasteiger partial charge on any atom is 0.320 e. The second-order valence-corrected chi connectivity index (χ2v) is 11.3. The van der Waals surface area contributed by atoms with Crippen molar-refractivity contribution in [3.8, 4) is 0 Å². The maximum atomic E-state index is 13.9. The second kappa shape index (κ2) is 6.74. The number of hydrogen-bond acceptors (Lipinski definition) is 4. The number of likely N-dealkylation sites (tertiary alicyclic amines) is 3. The van der Waals surface area contributed by atoms with E-state index < -0.39 is 11.6 Å². The van der Waals surface area contributed by atoms with Crippen LogP contribution in [0, 0.1) is 22.5 Å². The molecule has 1 N–H and O–H groups in total. The topological polar surface area (TPSA) is 68.4 Å². The predicted molar refractivity (Wildman–Crippen MR) is 115 cm³/mol. The molecule has 33 heavy (non-hydrogen) atoms. The van der Waals surface area contributed by atoms with E-state index in [1.807, 2.05) is 9.80 Å². The van der Waals surface area contributed by atoms with E-state index in [1.54, 1.807) is 0 Å². The molecular weight excluding hydrogens is 426 g/mol. The Labute approximate surface area is 191 Å². The zero-order valence-corrected chi connectivity index (χ0v) is 18.6. The van der Waals surface area contributed by atoms with Crippen LogP contribution in [0.5, 0.6) is 0 Å². The summed E-state index contributed by atoms with van der Waals surface area (Å²) in [5.41, 5.74) is 0.952. The fourth-order valence-electron chi connectivity index (χ4n) is 6.54. The molecule has 9 heteroatoms. The molecule has 5 fully saturated rings. The van der Waals surface area contributed by atoms with Crippen molar-refractivity contribution in [2.24, 2.45) is 10.8 Å². The monoisotopic (exact) mass is 454 g/mol. The van der Waals surface area contributed by atoms with Crippen LogP contribution >= 0.6 is 0 Å². The summed E-state index contributed by atoms with van der Waals surface area (Å²) in [5.74, 6) is 2.02. The molecule has 7 nitrogen and oxygen atoms in total. The Morgan fingerprint density at radius 3 is 2.36 bits per heavy atom. The first-order valence-electron chi connectivity index (χ1n) is 12.0. The number of hydrogen-bond donors (Lipinski definition) is 1. The Kier molecular flexibility index (Phi) is 4.06. The summed E-state index contributed by atoms with van der Waals surface area (Å²) in [4.78, 5) is 23.7. The van der Waals surface area contributed by atoms with Crippen LogP contribution in [-0.4, -0.2) is 75.2 Å². The van der Waals surface area contributed by atoms with Gasteiger partial charge in [0.2, 0.25) is 0 Å². The van der Waals surface area contributed by atoms with Crippen LogP contribution in [-0.2, 0) is 6.54 Å². The highest BCUT2D eigenvalue weighted by Crippen LogP contribution is 2.56. The van der Waals surface area contributed by atoms with Gasteiger partial charge < -0.3 is 9.80 Å². The standard InChI is InChI=1S/C24H28F2N6O/c25-18-4-3-16(19(26)5-18)8-30-9-24(10-30)13-32(14-24)22(33)31-11-23(12-31)6-17(7-23)21-27-20(28-29-21)15-1-2-15/h3-5,15,17H,1-2,6-14H2,(H,27,28,29). The Morgan fingerprint density at radius 2 is 1.70 bits per heavy atom. The molecule has 1 aromatic heterocycles. The Hall–Kier alpha value is -2.55. The van der Waals surface area contributed by atoms with E-state index in [-0.39, 0.29) is 16.9 Å². The van der Waals surface area contributed by atoms with Gasteiger partial charge in [0.15, 0.2) is 5.82 Å². The summed E-state index contributed by atoms with van der Waals surface area (Å²) in [5, 5.41) is 7.54. The Morgan fingerprint density at radius 1 is 1.00 bits per heavy atom. The van der Waals surface area contributed by atoms with Crippen LogP contribution < -0.4 is 0 Å². The molecule has 0 radical (unpaired) electrons. The van der Waals surface area contributed by atoms with E-state index in [0.29, 0.717) is 23.9 Å². The van der Waals surface area contributed by atoms with Crippen LogP contribution in [0.3, 0.4) is 0 Å². The predicted octanol–water partition coefficient (Wildman–Crippen LogP) is 3.08. The fraction of sp³-hybridized carbons (Fsp3) is 0.625. The maximum absolute atomic E-state index is 13.9. The first-order chi connectivity index (χ1) is 15.9. The number of nitrogens with one attached hydrogen (secondary N) is 1. The molecule has 0 atom stereocenters. The lowest BCUT2D eigenvalue weighted by atomic mass is 9.57. The Bertz CT molecular complexity index is 1100. The lowest BCUT2D eigenvalue weighted by Gasteiger charge is -2.63. The molecule has 2 aliphatic carbocycles. The second-order valence-electron chi connectivity index (χ2n) is 11.3. The van der Waals surface area contributed by atoms with Crippen molar-refractivity contribution in [3.05, 3.63) is 47.0 Å². The number of aromatic nitrogens is 3. The van der Waals surface area contributed by atoms with E-state index in [2.05, 4.69) is 15.1 Å². The third-order valence-electron chi connectivity index (χ3n) is 8.38. The molecule has 174 valence electrons. The van der Waals surface area contributed by atoms with Crippen LogP contribution in [0.2, 0.25) is 0 Å². The summed E-state index contributed by atoms with van der Waals surface area (Å²) in [6, 6.07) is 3.92. The smallest absolute Gasteiger partial charge is 0.320 e. The van der Waals surface area contributed by atoms with Crippen molar-refractivity contribution in [2.75, 3.05) is 39.3 Å². The summed E-state index contributed by atoms with van der Waals surface area (Å²) in [6.45, 7) is 5.47. The molecule has 3 aliphatic heterocycles. The van der Waals surface area contributed by atoms with E-state index in [4.69, 9.17) is 4.98 Å². The molecule has 0 unspecified atom stereocenters. The first-order valence-corrected chi connectivity index (χ1v) is 12.0. The van der Waals surface area contributed by atoms with Crippen LogP contribution in [0.15, 0.2) is 18.2 Å². The SMILES string of the molecule is O=C(N1CC2(CC(c3n[nH]c(C4CC4)n3)C2)C1)N1CC2(CN(Cc3ccc(F)cc3F)C2)C1. The van der Waals surface area contributed by atoms with E-state index >= 15 is 0 Å². The minimum absolute atomic E-state index is 0.154. The molecule has 0 bridgehead atoms. The number of amides is 2. The van der Waals surface area contributed by atoms with Crippen molar-refractivity contribution >= 4 is 6.03 Å². The first kappa shape index (κ1) is 19.9. The molecule has 2 aromatic rings. The third-order valence-corrected chi connectivity index (χ3v) is 8.38. The summed E-state index contributed by atoms with van der Waals surface area (Å²) in [6.07, 6.45) is 4.61. The van der Waals surface area contributed by atoms with Crippen molar-refractivity contribution in [2.45, 2.75) is 44.1 Å². The average molecular weight is 455 g/mol. The number of nitrogens with zero attached hydrogens (tertiary/aromatic N) is 5. The van der Waals surface area contributed by atoms with Crippen molar-refractivity contribution in [1.82, 2.24) is 29.9 Å². The summed E-state index contributed by atoms with van der Waals surface area (Å²) in [7, 11) is 0. The van der Waals surface area contributed by atoms with E-state index in [9.17, 15) is 13.6 Å².